The highest BCUT2D eigenvalue weighted by Gasteiger charge is 2.17. The molecule has 0 aliphatic carbocycles. The van der Waals surface area contributed by atoms with Crippen LogP contribution in [-0.4, -0.2) is 35.8 Å². The topological polar surface area (TPSA) is 54.4 Å². The molecule has 0 bridgehead atoms. The minimum atomic E-state index is -2.77. The average Bonchev–Trinajstić information content (AvgIpc) is 2.27. The molecule has 0 aliphatic rings. The summed E-state index contributed by atoms with van der Waals surface area (Å²) in [6, 6.07) is 3.35. The molecule has 1 atom stereocenters. The van der Waals surface area contributed by atoms with Crippen LogP contribution in [0.1, 0.15) is 6.92 Å². The third-order valence-electron chi connectivity index (χ3n) is 1.84. The monoisotopic (exact) mass is 232 g/mol. The van der Waals surface area contributed by atoms with Crippen LogP contribution in [0.15, 0.2) is 18.3 Å². The molecule has 0 amide bonds. The first kappa shape index (κ1) is 12.6. The van der Waals surface area contributed by atoms with Crippen LogP contribution in [0, 0.1) is 0 Å². The molecule has 16 heavy (non-hydrogen) atoms. The van der Waals surface area contributed by atoms with Crippen LogP contribution >= 0.6 is 0 Å². The van der Waals surface area contributed by atoms with Gasteiger partial charge >= 0.3 is 0 Å². The van der Waals surface area contributed by atoms with Gasteiger partial charge in [0.25, 0.3) is 6.43 Å². The third-order valence-corrected chi connectivity index (χ3v) is 1.84. The molecule has 0 radical (unpaired) electrons. The molecular weight excluding hydrogens is 218 g/mol. The number of aromatic nitrogens is 1. The number of alkyl halides is 2. The first-order chi connectivity index (χ1) is 7.65. The Bertz CT molecular complexity index is 323. The highest BCUT2D eigenvalue weighted by molar-refractivity contribution is 5.49. The van der Waals surface area contributed by atoms with Gasteiger partial charge in [0.1, 0.15) is 6.10 Å². The Morgan fingerprint density at radius 2 is 2.31 bits per heavy atom. The van der Waals surface area contributed by atoms with E-state index in [1.54, 1.807) is 12.1 Å². The summed E-state index contributed by atoms with van der Waals surface area (Å²) in [5.74, 6) is 0.829. The summed E-state index contributed by atoms with van der Waals surface area (Å²) >= 11 is 0. The highest BCUT2D eigenvalue weighted by Crippen LogP contribution is 2.20. The molecule has 0 aromatic carbocycles. The van der Waals surface area contributed by atoms with Crippen molar-refractivity contribution >= 4 is 5.82 Å². The molecule has 0 spiro atoms. The van der Waals surface area contributed by atoms with Crippen LogP contribution in [-0.2, 0) is 0 Å². The lowest BCUT2D eigenvalue weighted by atomic mass is 10.3. The molecule has 1 aromatic heterocycles. The molecule has 2 N–H and O–H groups in total. The number of hydrogen-bond acceptors (Lipinski definition) is 4. The van der Waals surface area contributed by atoms with E-state index in [0.717, 1.165) is 0 Å². The molecule has 6 heteroatoms. The summed E-state index contributed by atoms with van der Waals surface area (Å²) in [6.07, 6.45) is -2.97. The Balaban J connectivity index is 2.58. The zero-order valence-electron chi connectivity index (χ0n) is 8.86. The second-order valence-electron chi connectivity index (χ2n) is 3.07. The third kappa shape index (κ3) is 3.62. The van der Waals surface area contributed by atoms with Gasteiger partial charge in [0.15, 0.2) is 11.6 Å². The van der Waals surface area contributed by atoms with E-state index < -0.39 is 12.5 Å². The molecule has 1 rings (SSSR count). The number of rotatable bonds is 6. The van der Waals surface area contributed by atoms with Gasteiger partial charge < -0.3 is 15.2 Å². The number of pyridine rings is 1. The number of hydrogen-bond donors (Lipinski definition) is 2. The second kappa shape index (κ2) is 6.22. The van der Waals surface area contributed by atoms with Crippen LogP contribution in [0.5, 0.6) is 5.75 Å². The second-order valence-corrected chi connectivity index (χ2v) is 3.07. The number of ether oxygens (including phenoxy) is 1. The van der Waals surface area contributed by atoms with Crippen molar-refractivity contribution in [1.82, 2.24) is 4.98 Å². The Kier molecular flexibility index (Phi) is 4.91. The lowest BCUT2D eigenvalue weighted by Gasteiger charge is -2.13. The van der Waals surface area contributed by atoms with Gasteiger partial charge in [-0.05, 0) is 19.1 Å². The minimum absolute atomic E-state index is 0.269. The maximum absolute atomic E-state index is 12.0. The molecule has 1 aromatic rings. The van der Waals surface area contributed by atoms with Gasteiger partial charge in [-0.3, -0.25) is 0 Å². The van der Waals surface area contributed by atoms with E-state index in [-0.39, 0.29) is 6.54 Å². The zero-order valence-corrected chi connectivity index (χ0v) is 8.86. The summed E-state index contributed by atoms with van der Waals surface area (Å²) < 4.78 is 29.3. The van der Waals surface area contributed by atoms with Crippen LogP contribution in [0.3, 0.4) is 0 Å². The molecule has 1 heterocycles. The molecular formula is C10H14F2N2O2. The van der Waals surface area contributed by atoms with Crippen molar-refractivity contribution in [3.63, 3.8) is 0 Å². The summed E-state index contributed by atoms with van der Waals surface area (Å²) in [5.41, 5.74) is 0. The van der Waals surface area contributed by atoms with Crippen LogP contribution in [0.2, 0.25) is 0 Å². The highest BCUT2D eigenvalue weighted by atomic mass is 19.3. The lowest BCUT2D eigenvalue weighted by molar-refractivity contribution is 0.00378. The minimum Gasteiger partial charge on any atom is -0.490 e. The van der Waals surface area contributed by atoms with Gasteiger partial charge in [-0.2, -0.15) is 0 Å². The van der Waals surface area contributed by atoms with E-state index in [0.29, 0.717) is 18.2 Å². The number of halogens is 2. The number of nitrogens with zero attached hydrogens (tertiary/aromatic N) is 1. The summed E-state index contributed by atoms with van der Waals surface area (Å²) in [5, 5.41) is 11.5. The van der Waals surface area contributed by atoms with Gasteiger partial charge in [0.2, 0.25) is 0 Å². The fraction of sp³-hybridized carbons (Fsp3) is 0.500. The molecule has 4 nitrogen and oxygen atoms in total. The molecule has 0 saturated heterocycles. The van der Waals surface area contributed by atoms with Crippen molar-refractivity contribution in [2.24, 2.45) is 0 Å². The molecule has 90 valence electrons. The van der Waals surface area contributed by atoms with E-state index in [4.69, 9.17) is 9.84 Å². The zero-order chi connectivity index (χ0) is 12.0. The lowest BCUT2D eigenvalue weighted by Crippen LogP contribution is -2.27. The van der Waals surface area contributed by atoms with Gasteiger partial charge in [0.05, 0.1) is 6.61 Å². The molecule has 0 fully saturated rings. The van der Waals surface area contributed by atoms with E-state index in [9.17, 15) is 8.78 Å². The van der Waals surface area contributed by atoms with Crippen molar-refractivity contribution in [1.29, 1.82) is 0 Å². The van der Waals surface area contributed by atoms with Gasteiger partial charge in [-0.15, -0.1) is 0 Å². The standard InChI is InChI=1S/C10H14F2N2O2/c1-2-16-8-4-3-5-13-10(8)14-6-7(15)9(11)12/h3-5,7,9,15H,2,6H2,1H3,(H,13,14). The Morgan fingerprint density at radius 1 is 1.56 bits per heavy atom. The average molecular weight is 232 g/mol. The van der Waals surface area contributed by atoms with Crippen molar-refractivity contribution in [2.75, 3.05) is 18.5 Å². The number of aliphatic hydroxyl groups excluding tert-OH is 1. The Labute approximate surface area is 92.3 Å². The van der Waals surface area contributed by atoms with Crippen molar-refractivity contribution in [3.8, 4) is 5.75 Å². The summed E-state index contributed by atoms with van der Waals surface area (Å²) in [6.45, 7) is 2.00. The van der Waals surface area contributed by atoms with E-state index in [1.807, 2.05) is 6.92 Å². The molecule has 1 unspecified atom stereocenters. The molecule has 0 aliphatic heterocycles. The van der Waals surface area contributed by atoms with Crippen molar-refractivity contribution < 1.29 is 18.6 Å². The Morgan fingerprint density at radius 3 is 2.94 bits per heavy atom. The number of aliphatic hydroxyl groups is 1. The van der Waals surface area contributed by atoms with E-state index >= 15 is 0 Å². The summed E-state index contributed by atoms with van der Waals surface area (Å²) in [7, 11) is 0. The normalized spacial score (nSPS) is 12.6. The maximum atomic E-state index is 12.0. The van der Waals surface area contributed by atoms with Crippen LogP contribution in [0.4, 0.5) is 14.6 Å². The van der Waals surface area contributed by atoms with Crippen LogP contribution < -0.4 is 10.1 Å². The number of nitrogens with one attached hydrogen (secondary N) is 1. The Hall–Kier alpha value is -1.43. The quantitative estimate of drug-likeness (QED) is 0.780. The fourth-order valence-corrected chi connectivity index (χ4v) is 1.09. The van der Waals surface area contributed by atoms with Gasteiger partial charge in [-0.25, -0.2) is 13.8 Å². The SMILES string of the molecule is CCOc1cccnc1NCC(O)C(F)F. The first-order valence-electron chi connectivity index (χ1n) is 4.93. The van der Waals surface area contributed by atoms with E-state index in [2.05, 4.69) is 10.3 Å². The maximum Gasteiger partial charge on any atom is 0.265 e. The molecule has 0 saturated carbocycles. The van der Waals surface area contributed by atoms with Gasteiger partial charge in [0, 0.05) is 12.7 Å². The first-order valence-corrected chi connectivity index (χ1v) is 4.93. The number of anilines is 1. The van der Waals surface area contributed by atoms with Crippen molar-refractivity contribution in [2.45, 2.75) is 19.5 Å². The van der Waals surface area contributed by atoms with Crippen LogP contribution in [0.25, 0.3) is 0 Å². The van der Waals surface area contributed by atoms with E-state index in [1.165, 1.54) is 6.20 Å². The predicted molar refractivity (Wildman–Crippen MR) is 55.9 cm³/mol. The fourth-order valence-electron chi connectivity index (χ4n) is 1.09. The summed E-state index contributed by atoms with van der Waals surface area (Å²) in [4.78, 5) is 3.94. The van der Waals surface area contributed by atoms with Gasteiger partial charge in [-0.1, -0.05) is 0 Å². The largest absolute Gasteiger partial charge is 0.490 e. The predicted octanol–water partition coefficient (Wildman–Crippen LogP) is 1.52. The smallest absolute Gasteiger partial charge is 0.265 e. The van der Waals surface area contributed by atoms with Crippen molar-refractivity contribution in [3.05, 3.63) is 18.3 Å².